The standard InChI is InChI=1S/C13H28N4O3S.HI/c1-13(2,17-6-8-20-9-7-17)11-16-12(14-3)15-5-10-21(4,18)19;/h5-11H2,1-4H3,(H2,14,15,16);1H. The van der Waals surface area contributed by atoms with Crippen molar-refractivity contribution in [3.8, 4) is 0 Å². The van der Waals surface area contributed by atoms with Crippen LogP contribution in [0.15, 0.2) is 4.99 Å². The first kappa shape index (κ1) is 21.9. The van der Waals surface area contributed by atoms with E-state index < -0.39 is 9.84 Å². The van der Waals surface area contributed by atoms with Crippen molar-refractivity contribution in [1.29, 1.82) is 0 Å². The highest BCUT2D eigenvalue weighted by molar-refractivity contribution is 14.0. The number of aliphatic imine (C=N–C) groups is 1. The van der Waals surface area contributed by atoms with Gasteiger partial charge in [-0.25, -0.2) is 8.42 Å². The molecule has 1 rings (SSSR count). The van der Waals surface area contributed by atoms with Gasteiger partial charge in [0.1, 0.15) is 9.84 Å². The SMILES string of the molecule is CN=C(NCCS(C)(=O)=O)NCC(C)(C)N1CCOCC1.I. The van der Waals surface area contributed by atoms with Gasteiger partial charge in [0.2, 0.25) is 0 Å². The third-order valence-corrected chi connectivity index (χ3v) is 4.49. The first-order valence-electron chi connectivity index (χ1n) is 7.20. The number of rotatable bonds is 6. The fourth-order valence-electron chi connectivity index (χ4n) is 2.16. The van der Waals surface area contributed by atoms with E-state index in [1.165, 1.54) is 6.26 Å². The molecule has 0 aromatic heterocycles. The average Bonchev–Trinajstić information content (AvgIpc) is 2.42. The molecule has 1 fully saturated rings. The second-order valence-electron chi connectivity index (χ2n) is 5.89. The Labute approximate surface area is 151 Å². The molecule has 1 aliphatic heterocycles. The zero-order valence-electron chi connectivity index (χ0n) is 13.9. The molecule has 0 aliphatic carbocycles. The summed E-state index contributed by atoms with van der Waals surface area (Å²) in [4.78, 5) is 6.49. The summed E-state index contributed by atoms with van der Waals surface area (Å²) in [6.07, 6.45) is 1.23. The molecule has 0 spiro atoms. The molecule has 0 amide bonds. The zero-order valence-corrected chi connectivity index (χ0v) is 17.0. The minimum atomic E-state index is -2.96. The van der Waals surface area contributed by atoms with Gasteiger partial charge in [0.25, 0.3) is 0 Å². The zero-order chi connectivity index (χ0) is 15.9. The van der Waals surface area contributed by atoms with Crippen LogP contribution in [0.4, 0.5) is 0 Å². The highest BCUT2D eigenvalue weighted by Crippen LogP contribution is 2.14. The van der Waals surface area contributed by atoms with Gasteiger partial charge in [0.15, 0.2) is 5.96 Å². The average molecular weight is 448 g/mol. The van der Waals surface area contributed by atoms with E-state index in [0.29, 0.717) is 12.5 Å². The number of nitrogens with zero attached hydrogens (tertiary/aromatic N) is 2. The molecular weight excluding hydrogens is 419 g/mol. The Morgan fingerprint density at radius 2 is 1.86 bits per heavy atom. The fourth-order valence-corrected chi connectivity index (χ4v) is 2.63. The van der Waals surface area contributed by atoms with Crippen molar-refractivity contribution in [2.75, 3.05) is 58.4 Å². The smallest absolute Gasteiger partial charge is 0.191 e. The van der Waals surface area contributed by atoms with Crippen LogP contribution in [-0.4, -0.2) is 83.3 Å². The van der Waals surface area contributed by atoms with Gasteiger partial charge in [-0.3, -0.25) is 9.89 Å². The summed E-state index contributed by atoms with van der Waals surface area (Å²) < 4.78 is 27.6. The van der Waals surface area contributed by atoms with Crippen molar-refractivity contribution in [2.45, 2.75) is 19.4 Å². The number of hydrogen-bond donors (Lipinski definition) is 2. The van der Waals surface area contributed by atoms with E-state index in [0.717, 1.165) is 32.8 Å². The maximum atomic E-state index is 11.1. The summed E-state index contributed by atoms with van der Waals surface area (Å²) in [7, 11) is -1.28. The van der Waals surface area contributed by atoms with Crippen LogP contribution in [-0.2, 0) is 14.6 Å². The number of nitrogens with one attached hydrogen (secondary N) is 2. The first-order valence-corrected chi connectivity index (χ1v) is 9.26. The Morgan fingerprint density at radius 1 is 1.27 bits per heavy atom. The van der Waals surface area contributed by atoms with Gasteiger partial charge in [0, 0.05) is 45.0 Å². The molecule has 0 aromatic carbocycles. The monoisotopic (exact) mass is 448 g/mol. The largest absolute Gasteiger partial charge is 0.379 e. The highest BCUT2D eigenvalue weighted by Gasteiger charge is 2.28. The van der Waals surface area contributed by atoms with E-state index >= 15 is 0 Å². The van der Waals surface area contributed by atoms with E-state index in [4.69, 9.17) is 4.74 Å². The molecule has 0 radical (unpaired) electrons. The summed E-state index contributed by atoms with van der Waals surface area (Å²) in [6.45, 7) is 8.82. The molecule has 1 aliphatic rings. The van der Waals surface area contributed by atoms with Gasteiger partial charge in [-0.05, 0) is 13.8 Å². The van der Waals surface area contributed by atoms with Crippen molar-refractivity contribution < 1.29 is 13.2 Å². The van der Waals surface area contributed by atoms with E-state index in [1.54, 1.807) is 7.05 Å². The Kier molecular flexibility index (Phi) is 9.83. The van der Waals surface area contributed by atoms with E-state index in [1.807, 2.05) is 0 Å². The summed E-state index contributed by atoms with van der Waals surface area (Å²) in [5.41, 5.74) is -0.0156. The van der Waals surface area contributed by atoms with Crippen LogP contribution in [0.1, 0.15) is 13.8 Å². The van der Waals surface area contributed by atoms with Crippen LogP contribution < -0.4 is 10.6 Å². The Balaban J connectivity index is 0.00000441. The lowest BCUT2D eigenvalue weighted by Gasteiger charge is -2.41. The molecular formula is C13H29IN4O3S. The molecule has 0 atom stereocenters. The summed E-state index contributed by atoms with van der Waals surface area (Å²) in [6, 6.07) is 0. The second-order valence-corrected chi connectivity index (χ2v) is 8.15. The molecule has 0 aromatic rings. The molecule has 7 nitrogen and oxygen atoms in total. The number of halogens is 1. The normalized spacial score (nSPS) is 17.7. The van der Waals surface area contributed by atoms with Crippen LogP contribution in [0.3, 0.4) is 0 Å². The van der Waals surface area contributed by atoms with E-state index in [-0.39, 0.29) is 35.3 Å². The van der Waals surface area contributed by atoms with E-state index in [9.17, 15) is 8.42 Å². The van der Waals surface area contributed by atoms with Gasteiger partial charge in [-0.1, -0.05) is 0 Å². The van der Waals surface area contributed by atoms with Gasteiger partial charge in [-0.2, -0.15) is 0 Å². The first-order chi connectivity index (χ1) is 9.74. The van der Waals surface area contributed by atoms with E-state index in [2.05, 4.69) is 34.4 Å². The van der Waals surface area contributed by atoms with Gasteiger partial charge < -0.3 is 15.4 Å². The van der Waals surface area contributed by atoms with Crippen molar-refractivity contribution in [2.24, 2.45) is 4.99 Å². The number of ether oxygens (including phenoxy) is 1. The van der Waals surface area contributed by atoms with Crippen molar-refractivity contribution >= 4 is 39.8 Å². The lowest BCUT2D eigenvalue weighted by atomic mass is 10.0. The molecule has 0 unspecified atom stereocenters. The second kappa shape index (κ2) is 9.89. The lowest BCUT2D eigenvalue weighted by Crippen LogP contribution is -2.56. The Bertz CT molecular complexity index is 448. The summed E-state index contributed by atoms with van der Waals surface area (Å²) in [5, 5.41) is 6.27. The number of hydrogen-bond acceptors (Lipinski definition) is 5. The topological polar surface area (TPSA) is 83.0 Å². The van der Waals surface area contributed by atoms with Crippen LogP contribution in [0.2, 0.25) is 0 Å². The van der Waals surface area contributed by atoms with Crippen molar-refractivity contribution in [3.05, 3.63) is 0 Å². The minimum Gasteiger partial charge on any atom is -0.379 e. The lowest BCUT2D eigenvalue weighted by molar-refractivity contribution is -0.00833. The van der Waals surface area contributed by atoms with Crippen molar-refractivity contribution in [3.63, 3.8) is 0 Å². The van der Waals surface area contributed by atoms with Gasteiger partial charge >= 0.3 is 0 Å². The molecule has 1 saturated heterocycles. The molecule has 9 heteroatoms. The minimum absolute atomic E-state index is 0. The molecule has 2 N–H and O–H groups in total. The number of guanidine groups is 1. The number of morpholine rings is 1. The van der Waals surface area contributed by atoms with Gasteiger partial charge in [0.05, 0.1) is 19.0 Å². The van der Waals surface area contributed by atoms with Crippen LogP contribution in [0, 0.1) is 0 Å². The molecule has 1 heterocycles. The quantitative estimate of drug-likeness (QED) is 0.336. The summed E-state index contributed by atoms with van der Waals surface area (Å²) >= 11 is 0. The molecule has 22 heavy (non-hydrogen) atoms. The van der Waals surface area contributed by atoms with Gasteiger partial charge in [-0.15, -0.1) is 24.0 Å². The molecule has 132 valence electrons. The highest BCUT2D eigenvalue weighted by atomic mass is 127. The molecule has 0 saturated carbocycles. The predicted octanol–water partition coefficient (Wildman–Crippen LogP) is -0.0752. The predicted molar refractivity (Wildman–Crippen MR) is 101 cm³/mol. The maximum absolute atomic E-state index is 11.1. The van der Waals surface area contributed by atoms with Crippen LogP contribution >= 0.6 is 24.0 Å². The Hall–Kier alpha value is -0.130. The Morgan fingerprint density at radius 3 is 2.36 bits per heavy atom. The number of sulfone groups is 1. The fraction of sp³-hybridized carbons (Fsp3) is 0.923. The maximum Gasteiger partial charge on any atom is 0.191 e. The van der Waals surface area contributed by atoms with Crippen LogP contribution in [0.25, 0.3) is 0 Å². The third-order valence-electron chi connectivity index (χ3n) is 3.54. The third kappa shape index (κ3) is 8.49. The van der Waals surface area contributed by atoms with Crippen LogP contribution in [0.5, 0.6) is 0 Å². The molecule has 0 bridgehead atoms. The summed E-state index contributed by atoms with van der Waals surface area (Å²) in [5.74, 6) is 0.723. The van der Waals surface area contributed by atoms with Crippen molar-refractivity contribution in [1.82, 2.24) is 15.5 Å².